The molecular formula is C42H38N2. The van der Waals surface area contributed by atoms with E-state index in [4.69, 9.17) is 5.73 Å². The van der Waals surface area contributed by atoms with Crippen molar-refractivity contribution in [1.82, 2.24) is 4.57 Å². The summed E-state index contributed by atoms with van der Waals surface area (Å²) in [5, 5.41) is 2.56. The Morgan fingerprint density at radius 2 is 1.09 bits per heavy atom. The molecule has 0 aliphatic rings. The van der Waals surface area contributed by atoms with Gasteiger partial charge in [-0.2, -0.15) is 0 Å². The third kappa shape index (κ3) is 5.07. The lowest BCUT2D eigenvalue weighted by Gasteiger charge is -2.18. The van der Waals surface area contributed by atoms with Gasteiger partial charge in [0.15, 0.2) is 0 Å². The molecule has 1 heterocycles. The van der Waals surface area contributed by atoms with E-state index < -0.39 is 0 Å². The van der Waals surface area contributed by atoms with Crippen molar-refractivity contribution in [3.05, 3.63) is 145 Å². The number of nitrogens with two attached hydrogens (primary N) is 1. The van der Waals surface area contributed by atoms with E-state index in [2.05, 4.69) is 159 Å². The van der Waals surface area contributed by atoms with Gasteiger partial charge in [-0.15, -0.1) is 0 Å². The van der Waals surface area contributed by atoms with Crippen LogP contribution in [-0.2, 0) is 6.42 Å². The molecule has 216 valence electrons. The Kier molecular flexibility index (Phi) is 7.28. The van der Waals surface area contributed by atoms with Crippen molar-refractivity contribution in [3.63, 3.8) is 0 Å². The highest BCUT2D eigenvalue weighted by Gasteiger charge is 2.16. The van der Waals surface area contributed by atoms with E-state index in [9.17, 15) is 0 Å². The molecule has 0 bridgehead atoms. The lowest BCUT2D eigenvalue weighted by atomic mass is 9.90. The summed E-state index contributed by atoms with van der Waals surface area (Å²) in [6, 6.07) is 48.8. The average molecular weight is 571 g/mol. The van der Waals surface area contributed by atoms with Crippen LogP contribution in [0.5, 0.6) is 0 Å². The number of fused-ring (bicyclic) bond motifs is 3. The van der Waals surface area contributed by atoms with Crippen LogP contribution in [0.25, 0.3) is 60.9 Å². The molecule has 1 unspecified atom stereocenters. The van der Waals surface area contributed by atoms with E-state index in [1.165, 1.54) is 66.4 Å². The highest BCUT2D eigenvalue weighted by atomic mass is 15.0. The zero-order valence-electron chi connectivity index (χ0n) is 25.7. The summed E-state index contributed by atoms with van der Waals surface area (Å²) < 4.78 is 2.44. The monoisotopic (exact) mass is 570 g/mol. The summed E-state index contributed by atoms with van der Waals surface area (Å²) in [6.45, 7) is 6.79. The van der Waals surface area contributed by atoms with Crippen LogP contribution in [0.3, 0.4) is 0 Å². The zero-order chi connectivity index (χ0) is 30.2. The van der Waals surface area contributed by atoms with Gasteiger partial charge in [0.2, 0.25) is 0 Å². The fourth-order valence-electron chi connectivity index (χ4n) is 6.50. The first kappa shape index (κ1) is 27.7. The molecule has 0 fully saturated rings. The van der Waals surface area contributed by atoms with E-state index in [0.29, 0.717) is 5.92 Å². The second-order valence-electron chi connectivity index (χ2n) is 12.0. The van der Waals surface area contributed by atoms with Crippen LogP contribution in [0.4, 0.5) is 5.69 Å². The van der Waals surface area contributed by atoms with Gasteiger partial charge < -0.3 is 10.3 Å². The first-order valence-electron chi connectivity index (χ1n) is 15.8. The normalized spacial score (nSPS) is 12.2. The number of nitrogens with zero attached hydrogens (tertiary/aromatic N) is 1. The largest absolute Gasteiger partial charge is 0.399 e. The summed E-state index contributed by atoms with van der Waals surface area (Å²) in [6.07, 6.45) is 2.02. The lowest BCUT2D eigenvalue weighted by Crippen LogP contribution is -1.99. The van der Waals surface area contributed by atoms with E-state index in [-0.39, 0.29) is 0 Å². The number of hydrogen-bond acceptors (Lipinski definition) is 1. The minimum Gasteiger partial charge on any atom is -0.399 e. The molecule has 2 nitrogen and oxygen atoms in total. The first-order chi connectivity index (χ1) is 21.5. The van der Waals surface area contributed by atoms with Crippen LogP contribution >= 0.6 is 0 Å². The van der Waals surface area contributed by atoms with Crippen LogP contribution in [-0.4, -0.2) is 4.57 Å². The topological polar surface area (TPSA) is 30.9 Å². The fourth-order valence-corrected chi connectivity index (χ4v) is 6.50. The molecule has 44 heavy (non-hydrogen) atoms. The molecule has 2 N–H and O–H groups in total. The molecule has 2 heteroatoms. The molecule has 0 aliphatic carbocycles. The standard InChI is InChI=1S/C42H38N2/c1-4-28(3)31-21-36(27-38(26-31)44-41-17-11-9-15-39(41)40-16-10-12-18-42(40)44)35-23-33(30-13-7-6-8-14-30)22-34(24-35)32-19-29(5-2)20-37(43)25-32/h6-28H,4-5,43H2,1-3H3. The van der Waals surface area contributed by atoms with Crippen LogP contribution in [0.15, 0.2) is 133 Å². The Labute approximate surface area is 260 Å². The molecule has 1 atom stereocenters. The highest BCUT2D eigenvalue weighted by molar-refractivity contribution is 6.09. The van der Waals surface area contributed by atoms with Gasteiger partial charge in [-0.25, -0.2) is 0 Å². The van der Waals surface area contributed by atoms with Gasteiger partial charge >= 0.3 is 0 Å². The van der Waals surface area contributed by atoms with E-state index in [1.807, 2.05) is 0 Å². The smallest absolute Gasteiger partial charge is 0.0541 e. The molecule has 0 radical (unpaired) electrons. The second kappa shape index (κ2) is 11.5. The molecule has 6 aromatic carbocycles. The van der Waals surface area contributed by atoms with E-state index in [1.54, 1.807) is 0 Å². The number of benzene rings is 6. The number of nitrogen functional groups attached to an aromatic ring is 1. The van der Waals surface area contributed by atoms with Crippen molar-refractivity contribution in [3.8, 4) is 39.1 Å². The number of rotatable bonds is 7. The Balaban J connectivity index is 1.50. The van der Waals surface area contributed by atoms with Gasteiger partial charge in [-0.3, -0.25) is 0 Å². The van der Waals surface area contributed by atoms with Gasteiger partial charge in [-0.1, -0.05) is 99.6 Å². The van der Waals surface area contributed by atoms with Gasteiger partial charge in [0, 0.05) is 22.1 Å². The predicted molar refractivity (Wildman–Crippen MR) is 190 cm³/mol. The Bertz CT molecular complexity index is 2060. The van der Waals surface area contributed by atoms with Gasteiger partial charge in [0.05, 0.1) is 11.0 Å². The number of aryl methyl sites for hydroxylation is 1. The highest BCUT2D eigenvalue weighted by Crippen LogP contribution is 2.38. The van der Waals surface area contributed by atoms with Crippen molar-refractivity contribution >= 4 is 27.5 Å². The molecule has 0 saturated carbocycles. The van der Waals surface area contributed by atoms with Crippen molar-refractivity contribution in [2.45, 2.75) is 39.5 Å². The number of aromatic nitrogens is 1. The SMILES string of the molecule is CCc1cc(N)cc(-c2cc(-c3ccccc3)cc(-c3cc(C(C)CC)cc(-n4c5ccccc5c5ccccc54)c3)c2)c1. The molecule has 0 saturated heterocycles. The van der Waals surface area contributed by atoms with Gasteiger partial charge in [-0.05, 0) is 118 Å². The van der Waals surface area contributed by atoms with Crippen molar-refractivity contribution in [2.24, 2.45) is 0 Å². The third-order valence-corrected chi connectivity index (χ3v) is 9.09. The summed E-state index contributed by atoms with van der Waals surface area (Å²) in [5.74, 6) is 0.430. The molecule has 7 aromatic rings. The minimum atomic E-state index is 0.430. The molecule has 0 amide bonds. The summed E-state index contributed by atoms with van der Waals surface area (Å²) in [4.78, 5) is 0. The van der Waals surface area contributed by atoms with Crippen LogP contribution in [0.1, 0.15) is 44.2 Å². The van der Waals surface area contributed by atoms with Gasteiger partial charge in [0.25, 0.3) is 0 Å². The molecule has 7 rings (SSSR count). The van der Waals surface area contributed by atoms with Crippen molar-refractivity contribution < 1.29 is 0 Å². The minimum absolute atomic E-state index is 0.430. The molecule has 1 aromatic heterocycles. The Hall–Kier alpha value is -5.08. The number of para-hydroxylation sites is 2. The number of anilines is 1. The van der Waals surface area contributed by atoms with Crippen LogP contribution in [0, 0.1) is 0 Å². The summed E-state index contributed by atoms with van der Waals surface area (Å²) >= 11 is 0. The molecular weight excluding hydrogens is 532 g/mol. The maximum absolute atomic E-state index is 6.40. The average Bonchev–Trinajstić information content (AvgIpc) is 3.42. The zero-order valence-corrected chi connectivity index (χ0v) is 25.7. The first-order valence-corrected chi connectivity index (χ1v) is 15.8. The molecule has 0 spiro atoms. The third-order valence-electron chi connectivity index (χ3n) is 9.09. The van der Waals surface area contributed by atoms with E-state index >= 15 is 0 Å². The van der Waals surface area contributed by atoms with Crippen molar-refractivity contribution in [2.75, 3.05) is 5.73 Å². The number of hydrogen-bond donors (Lipinski definition) is 1. The maximum atomic E-state index is 6.40. The maximum Gasteiger partial charge on any atom is 0.0541 e. The second-order valence-corrected chi connectivity index (χ2v) is 12.0. The summed E-state index contributed by atoms with van der Waals surface area (Å²) in [5.41, 5.74) is 20.6. The van der Waals surface area contributed by atoms with Gasteiger partial charge in [0.1, 0.15) is 0 Å². The molecule has 0 aliphatic heterocycles. The fraction of sp³-hybridized carbons (Fsp3) is 0.143. The quantitative estimate of drug-likeness (QED) is 0.190. The Morgan fingerprint density at radius 3 is 1.70 bits per heavy atom. The van der Waals surface area contributed by atoms with E-state index in [0.717, 1.165) is 24.1 Å². The van der Waals surface area contributed by atoms with Crippen molar-refractivity contribution in [1.29, 1.82) is 0 Å². The Morgan fingerprint density at radius 1 is 0.545 bits per heavy atom. The predicted octanol–water partition coefficient (Wildman–Crippen LogP) is 11.4. The van der Waals surface area contributed by atoms with Crippen LogP contribution in [0.2, 0.25) is 0 Å². The summed E-state index contributed by atoms with van der Waals surface area (Å²) in [7, 11) is 0. The lowest BCUT2D eigenvalue weighted by molar-refractivity contribution is 0.733. The van der Waals surface area contributed by atoms with Crippen LogP contribution < -0.4 is 5.73 Å².